The Balaban J connectivity index is 2.19. The number of thiophene rings is 1. The lowest BCUT2D eigenvalue weighted by atomic mass is 10.4. The van der Waals surface area contributed by atoms with Crippen molar-refractivity contribution in [3.05, 3.63) is 22.4 Å². The third-order valence-electron chi connectivity index (χ3n) is 2.04. The van der Waals surface area contributed by atoms with Crippen LogP contribution in [0.4, 0.5) is 4.79 Å². The Kier molecular flexibility index (Phi) is 2.53. The standard InChI is InChI=1S/C8H9ClN2OS/c9-8(12)11-4-3-10-7(11)6-2-1-5-13-6/h1-2,5,7,10H,3-4H2. The molecule has 70 valence electrons. The quantitative estimate of drug-likeness (QED) is 0.576. The number of hydrogen-bond acceptors (Lipinski definition) is 3. The van der Waals surface area contributed by atoms with Gasteiger partial charge >= 0.3 is 5.37 Å². The van der Waals surface area contributed by atoms with E-state index in [1.165, 1.54) is 0 Å². The Morgan fingerprint density at radius 2 is 2.62 bits per heavy atom. The second-order valence-electron chi connectivity index (χ2n) is 2.82. The maximum absolute atomic E-state index is 11.0. The first-order valence-electron chi connectivity index (χ1n) is 4.02. The molecular formula is C8H9ClN2OS. The molecule has 0 aromatic carbocycles. The normalized spacial score (nSPS) is 22.2. The summed E-state index contributed by atoms with van der Waals surface area (Å²) in [5, 5.41) is 4.83. The number of carbonyl (C=O) groups excluding carboxylic acids is 1. The van der Waals surface area contributed by atoms with Gasteiger partial charge in [-0.2, -0.15) is 0 Å². The van der Waals surface area contributed by atoms with Crippen molar-refractivity contribution in [1.82, 2.24) is 10.2 Å². The van der Waals surface area contributed by atoms with Crippen LogP contribution in [0.5, 0.6) is 0 Å². The monoisotopic (exact) mass is 216 g/mol. The van der Waals surface area contributed by atoms with Gasteiger partial charge in [0.05, 0.1) is 0 Å². The molecule has 1 N–H and O–H groups in total. The van der Waals surface area contributed by atoms with Crippen LogP contribution in [-0.4, -0.2) is 23.4 Å². The summed E-state index contributed by atoms with van der Waals surface area (Å²) in [5.74, 6) is 0. The van der Waals surface area contributed by atoms with E-state index >= 15 is 0 Å². The van der Waals surface area contributed by atoms with Gasteiger partial charge in [-0.3, -0.25) is 10.1 Å². The molecule has 1 aromatic rings. The van der Waals surface area contributed by atoms with E-state index < -0.39 is 0 Å². The van der Waals surface area contributed by atoms with Crippen molar-refractivity contribution in [2.45, 2.75) is 6.17 Å². The lowest BCUT2D eigenvalue weighted by Crippen LogP contribution is -2.28. The first-order valence-corrected chi connectivity index (χ1v) is 5.27. The number of halogens is 1. The molecule has 0 aliphatic carbocycles. The molecule has 1 fully saturated rings. The van der Waals surface area contributed by atoms with E-state index in [1.807, 2.05) is 17.5 Å². The summed E-state index contributed by atoms with van der Waals surface area (Å²) in [6, 6.07) is 3.97. The van der Waals surface area contributed by atoms with Crippen molar-refractivity contribution in [2.75, 3.05) is 13.1 Å². The highest BCUT2D eigenvalue weighted by atomic mass is 35.5. The highest BCUT2D eigenvalue weighted by Gasteiger charge is 2.28. The van der Waals surface area contributed by atoms with Crippen LogP contribution in [0, 0.1) is 0 Å². The molecule has 3 nitrogen and oxygen atoms in total. The fraction of sp³-hybridized carbons (Fsp3) is 0.375. The molecule has 0 bridgehead atoms. The van der Waals surface area contributed by atoms with Crippen molar-refractivity contribution in [3.8, 4) is 0 Å². The van der Waals surface area contributed by atoms with E-state index in [9.17, 15) is 4.79 Å². The summed E-state index contributed by atoms with van der Waals surface area (Å²) in [6.07, 6.45) is -0.0231. The Morgan fingerprint density at radius 1 is 1.77 bits per heavy atom. The van der Waals surface area contributed by atoms with Crippen LogP contribution in [0.1, 0.15) is 11.0 Å². The van der Waals surface area contributed by atoms with E-state index in [-0.39, 0.29) is 11.5 Å². The van der Waals surface area contributed by atoms with Crippen molar-refractivity contribution in [2.24, 2.45) is 0 Å². The van der Waals surface area contributed by atoms with E-state index in [1.54, 1.807) is 16.2 Å². The van der Waals surface area contributed by atoms with Crippen LogP contribution in [0.2, 0.25) is 0 Å². The molecule has 1 saturated heterocycles. The van der Waals surface area contributed by atoms with Crippen molar-refractivity contribution in [1.29, 1.82) is 0 Å². The van der Waals surface area contributed by atoms with Crippen molar-refractivity contribution in [3.63, 3.8) is 0 Å². The largest absolute Gasteiger partial charge is 0.317 e. The molecule has 5 heteroatoms. The Morgan fingerprint density at radius 3 is 3.23 bits per heavy atom. The predicted octanol–water partition coefficient (Wildman–Crippen LogP) is 2.01. The molecule has 1 aliphatic heterocycles. The van der Waals surface area contributed by atoms with Gasteiger partial charge in [-0.15, -0.1) is 11.3 Å². The molecule has 0 spiro atoms. The molecule has 1 aromatic heterocycles. The minimum absolute atomic E-state index is 0.0231. The average Bonchev–Trinajstić information content (AvgIpc) is 2.74. The van der Waals surface area contributed by atoms with Crippen LogP contribution >= 0.6 is 22.9 Å². The van der Waals surface area contributed by atoms with Gasteiger partial charge in [0.2, 0.25) is 0 Å². The van der Waals surface area contributed by atoms with E-state index in [0.29, 0.717) is 6.54 Å². The second-order valence-corrected chi connectivity index (χ2v) is 4.12. The molecule has 2 rings (SSSR count). The topological polar surface area (TPSA) is 32.3 Å². The number of nitrogens with one attached hydrogen (secondary N) is 1. The zero-order chi connectivity index (χ0) is 9.26. The summed E-state index contributed by atoms with van der Waals surface area (Å²) in [4.78, 5) is 13.8. The molecule has 1 amide bonds. The average molecular weight is 217 g/mol. The van der Waals surface area contributed by atoms with Gasteiger partial charge in [-0.05, 0) is 23.0 Å². The van der Waals surface area contributed by atoms with Crippen LogP contribution in [-0.2, 0) is 0 Å². The van der Waals surface area contributed by atoms with Gasteiger partial charge < -0.3 is 4.90 Å². The van der Waals surface area contributed by atoms with Crippen LogP contribution in [0.25, 0.3) is 0 Å². The zero-order valence-electron chi connectivity index (χ0n) is 6.87. The fourth-order valence-electron chi connectivity index (χ4n) is 1.45. The lowest BCUT2D eigenvalue weighted by molar-refractivity contribution is 0.215. The lowest BCUT2D eigenvalue weighted by Gasteiger charge is -2.19. The highest BCUT2D eigenvalue weighted by molar-refractivity contribution is 7.10. The van der Waals surface area contributed by atoms with E-state index in [0.717, 1.165) is 11.4 Å². The highest BCUT2D eigenvalue weighted by Crippen LogP contribution is 2.26. The van der Waals surface area contributed by atoms with Gasteiger partial charge in [0.25, 0.3) is 0 Å². The summed E-state index contributed by atoms with van der Waals surface area (Å²) in [5.41, 5.74) is 0. The smallest absolute Gasteiger partial charge is 0.307 e. The summed E-state index contributed by atoms with van der Waals surface area (Å²) in [7, 11) is 0. The van der Waals surface area contributed by atoms with E-state index in [2.05, 4.69) is 5.32 Å². The molecule has 0 radical (unpaired) electrons. The van der Waals surface area contributed by atoms with Crippen LogP contribution in [0.3, 0.4) is 0 Å². The Hall–Kier alpha value is -0.580. The van der Waals surface area contributed by atoms with Gasteiger partial charge in [0, 0.05) is 18.0 Å². The number of carbonyl (C=O) groups is 1. The molecular weight excluding hydrogens is 208 g/mol. The Bertz CT molecular complexity index is 301. The SMILES string of the molecule is O=C(Cl)N1CCNC1c1cccs1. The first-order chi connectivity index (χ1) is 6.29. The summed E-state index contributed by atoms with van der Waals surface area (Å²) in [6.45, 7) is 1.49. The summed E-state index contributed by atoms with van der Waals surface area (Å²) >= 11 is 7.07. The molecule has 1 atom stereocenters. The zero-order valence-corrected chi connectivity index (χ0v) is 8.44. The number of amides is 1. The maximum atomic E-state index is 11.0. The minimum Gasteiger partial charge on any atom is -0.307 e. The number of nitrogens with zero attached hydrogens (tertiary/aromatic N) is 1. The van der Waals surface area contributed by atoms with Gasteiger partial charge in [0.15, 0.2) is 0 Å². The van der Waals surface area contributed by atoms with Gasteiger partial charge in [-0.25, -0.2) is 0 Å². The number of hydrogen-bond donors (Lipinski definition) is 1. The minimum atomic E-state index is -0.386. The van der Waals surface area contributed by atoms with Gasteiger partial charge in [-0.1, -0.05) is 6.07 Å². The maximum Gasteiger partial charge on any atom is 0.317 e. The van der Waals surface area contributed by atoms with Crippen LogP contribution < -0.4 is 5.32 Å². The van der Waals surface area contributed by atoms with Crippen molar-refractivity contribution < 1.29 is 4.79 Å². The molecule has 0 saturated carbocycles. The fourth-order valence-corrected chi connectivity index (χ4v) is 2.44. The number of rotatable bonds is 1. The molecule has 2 heterocycles. The molecule has 1 unspecified atom stereocenters. The Labute approximate surface area is 85.3 Å². The third kappa shape index (κ3) is 1.70. The van der Waals surface area contributed by atoms with E-state index in [4.69, 9.17) is 11.6 Å². The third-order valence-corrected chi connectivity index (χ3v) is 3.18. The predicted molar refractivity (Wildman–Crippen MR) is 53.0 cm³/mol. The first kappa shape index (κ1) is 8.99. The van der Waals surface area contributed by atoms with Crippen LogP contribution in [0.15, 0.2) is 17.5 Å². The molecule has 13 heavy (non-hydrogen) atoms. The van der Waals surface area contributed by atoms with Crippen molar-refractivity contribution >= 4 is 28.3 Å². The summed E-state index contributed by atoms with van der Waals surface area (Å²) < 4.78 is 0. The second kappa shape index (κ2) is 3.65. The molecule has 1 aliphatic rings. The van der Waals surface area contributed by atoms with Gasteiger partial charge in [0.1, 0.15) is 6.17 Å².